The smallest absolute Gasteiger partial charge is 0.339 e. The number of hydrogen-bond donors (Lipinski definition) is 1. The average molecular weight is 349 g/mol. The lowest BCUT2D eigenvalue weighted by molar-refractivity contribution is -0.150. The van der Waals surface area contributed by atoms with E-state index in [9.17, 15) is 22.8 Å². The number of anilines is 1. The molecule has 0 radical (unpaired) electrons. The molecule has 0 unspecified atom stereocenters. The Kier molecular flexibility index (Phi) is 5.51. The van der Waals surface area contributed by atoms with E-state index in [1.54, 1.807) is 4.90 Å². The molecule has 1 heterocycles. The molecule has 2 amide bonds. The minimum absolute atomic E-state index is 0.102. The zero-order chi connectivity index (χ0) is 17.0. The fourth-order valence-electron chi connectivity index (χ4n) is 2.42. The van der Waals surface area contributed by atoms with Crippen molar-refractivity contribution >= 4 is 29.1 Å². The molecular weight excluding hydrogens is 333 g/mol. The van der Waals surface area contributed by atoms with E-state index >= 15 is 0 Å². The number of halogens is 4. The molecule has 0 spiro atoms. The second-order valence-corrected chi connectivity index (χ2v) is 5.79. The number of nitrogens with one attached hydrogen (secondary N) is 1. The number of rotatable bonds is 3. The number of alkyl halides is 3. The van der Waals surface area contributed by atoms with Crippen LogP contribution in [0.25, 0.3) is 0 Å². The lowest BCUT2D eigenvalue weighted by atomic mass is 10.1. The minimum atomic E-state index is -4.57. The standard InChI is InChI=1S/C15H16ClF3N2O2/c16-12-8-10(20-13(22)9-15(17,18)19)4-5-11(12)14(23)21-6-2-1-3-7-21/h4-5,8H,1-3,6-7,9H2,(H,20,22). The van der Waals surface area contributed by atoms with Gasteiger partial charge in [-0.1, -0.05) is 11.6 Å². The van der Waals surface area contributed by atoms with Gasteiger partial charge in [-0.05, 0) is 37.5 Å². The Bertz CT molecular complexity index is 599. The molecule has 0 aliphatic carbocycles. The van der Waals surface area contributed by atoms with Gasteiger partial charge in [-0.2, -0.15) is 13.2 Å². The SMILES string of the molecule is O=C(CC(F)(F)F)Nc1ccc(C(=O)N2CCCCC2)c(Cl)c1. The van der Waals surface area contributed by atoms with Gasteiger partial charge in [0.1, 0.15) is 6.42 Å². The van der Waals surface area contributed by atoms with Gasteiger partial charge in [0.15, 0.2) is 0 Å². The molecule has 2 rings (SSSR count). The fourth-order valence-corrected chi connectivity index (χ4v) is 2.68. The van der Waals surface area contributed by atoms with E-state index in [1.807, 2.05) is 0 Å². The summed E-state index contributed by atoms with van der Waals surface area (Å²) in [5.41, 5.74) is 0.404. The highest BCUT2D eigenvalue weighted by Gasteiger charge is 2.31. The molecule has 126 valence electrons. The molecule has 0 aromatic heterocycles. The van der Waals surface area contributed by atoms with E-state index < -0.39 is 18.5 Å². The molecule has 1 aromatic rings. The van der Waals surface area contributed by atoms with Crippen molar-refractivity contribution in [3.8, 4) is 0 Å². The highest BCUT2D eigenvalue weighted by molar-refractivity contribution is 6.34. The van der Waals surface area contributed by atoms with Gasteiger partial charge >= 0.3 is 6.18 Å². The zero-order valence-electron chi connectivity index (χ0n) is 12.3. The number of likely N-dealkylation sites (tertiary alicyclic amines) is 1. The Labute approximate surface area is 136 Å². The first-order valence-corrected chi connectivity index (χ1v) is 7.59. The Morgan fingerprint density at radius 3 is 2.39 bits per heavy atom. The summed E-state index contributed by atoms with van der Waals surface area (Å²) in [6.07, 6.45) is -3.18. The van der Waals surface area contributed by atoms with Crippen LogP contribution in [0.4, 0.5) is 18.9 Å². The molecule has 1 N–H and O–H groups in total. The van der Waals surface area contributed by atoms with Crippen LogP contribution in [-0.2, 0) is 4.79 Å². The topological polar surface area (TPSA) is 49.4 Å². The van der Waals surface area contributed by atoms with Crippen molar-refractivity contribution in [2.75, 3.05) is 18.4 Å². The van der Waals surface area contributed by atoms with Crippen molar-refractivity contribution in [2.45, 2.75) is 31.9 Å². The molecule has 1 aromatic carbocycles. The fraction of sp³-hybridized carbons (Fsp3) is 0.467. The summed E-state index contributed by atoms with van der Waals surface area (Å²) in [7, 11) is 0. The molecule has 8 heteroatoms. The van der Waals surface area contributed by atoms with E-state index in [-0.39, 0.29) is 22.2 Å². The maximum atomic E-state index is 12.3. The van der Waals surface area contributed by atoms with Crippen molar-refractivity contribution in [2.24, 2.45) is 0 Å². The van der Waals surface area contributed by atoms with Crippen LogP contribution in [-0.4, -0.2) is 36.0 Å². The lowest BCUT2D eigenvalue weighted by Crippen LogP contribution is -2.35. The molecule has 23 heavy (non-hydrogen) atoms. The maximum Gasteiger partial charge on any atom is 0.397 e. The number of amides is 2. The summed E-state index contributed by atoms with van der Waals surface area (Å²) in [4.78, 5) is 25.3. The van der Waals surface area contributed by atoms with Crippen molar-refractivity contribution in [1.82, 2.24) is 4.90 Å². The van der Waals surface area contributed by atoms with Crippen LogP contribution in [0.15, 0.2) is 18.2 Å². The predicted molar refractivity (Wildman–Crippen MR) is 80.5 cm³/mol. The molecular formula is C15H16ClF3N2O2. The third-order valence-corrected chi connectivity index (χ3v) is 3.80. The van der Waals surface area contributed by atoms with E-state index in [1.165, 1.54) is 18.2 Å². The summed E-state index contributed by atoms with van der Waals surface area (Å²) in [5.74, 6) is -1.38. The van der Waals surface area contributed by atoms with Gasteiger partial charge in [-0.3, -0.25) is 9.59 Å². The van der Waals surface area contributed by atoms with E-state index in [4.69, 9.17) is 11.6 Å². The first-order valence-electron chi connectivity index (χ1n) is 7.22. The monoisotopic (exact) mass is 348 g/mol. The van der Waals surface area contributed by atoms with Crippen LogP contribution in [0.3, 0.4) is 0 Å². The lowest BCUT2D eigenvalue weighted by Gasteiger charge is -2.27. The highest BCUT2D eigenvalue weighted by atomic mass is 35.5. The number of nitrogens with zero attached hydrogens (tertiary/aromatic N) is 1. The first-order chi connectivity index (χ1) is 10.8. The van der Waals surface area contributed by atoms with Crippen molar-refractivity contribution in [3.05, 3.63) is 28.8 Å². The molecule has 0 atom stereocenters. The van der Waals surface area contributed by atoms with E-state index in [2.05, 4.69) is 5.32 Å². The van der Waals surface area contributed by atoms with Crippen molar-refractivity contribution in [1.29, 1.82) is 0 Å². The van der Waals surface area contributed by atoms with Crippen molar-refractivity contribution < 1.29 is 22.8 Å². The Hall–Kier alpha value is -1.76. The third kappa shape index (κ3) is 5.13. The minimum Gasteiger partial charge on any atom is -0.339 e. The molecule has 1 aliphatic heterocycles. The Morgan fingerprint density at radius 2 is 1.83 bits per heavy atom. The van der Waals surface area contributed by atoms with Gasteiger partial charge in [-0.15, -0.1) is 0 Å². The molecule has 0 saturated carbocycles. The number of hydrogen-bond acceptors (Lipinski definition) is 2. The van der Waals surface area contributed by atoms with E-state index in [0.29, 0.717) is 13.1 Å². The zero-order valence-corrected chi connectivity index (χ0v) is 13.0. The quantitative estimate of drug-likeness (QED) is 0.901. The van der Waals surface area contributed by atoms with Crippen LogP contribution in [0.5, 0.6) is 0 Å². The summed E-state index contributed by atoms with van der Waals surface area (Å²) < 4.78 is 36.4. The van der Waals surface area contributed by atoms with Gasteiger partial charge in [0.25, 0.3) is 5.91 Å². The summed E-state index contributed by atoms with van der Waals surface area (Å²) in [5, 5.41) is 2.22. The maximum absolute atomic E-state index is 12.3. The third-order valence-electron chi connectivity index (χ3n) is 3.49. The molecule has 0 bridgehead atoms. The van der Waals surface area contributed by atoms with Gasteiger partial charge in [0.2, 0.25) is 5.91 Å². The number of piperidine rings is 1. The van der Waals surface area contributed by atoms with Gasteiger partial charge in [0.05, 0.1) is 10.6 Å². The first kappa shape index (κ1) is 17.6. The van der Waals surface area contributed by atoms with Crippen molar-refractivity contribution in [3.63, 3.8) is 0 Å². The second-order valence-electron chi connectivity index (χ2n) is 5.39. The molecule has 1 fully saturated rings. The molecule has 1 aliphatic rings. The predicted octanol–water partition coefficient (Wildman–Crippen LogP) is 3.86. The molecule has 1 saturated heterocycles. The number of carbonyl (C=O) groups excluding carboxylic acids is 2. The van der Waals surface area contributed by atoms with Crippen LogP contribution >= 0.6 is 11.6 Å². The van der Waals surface area contributed by atoms with Gasteiger partial charge < -0.3 is 10.2 Å². The Balaban J connectivity index is 2.05. The Morgan fingerprint density at radius 1 is 1.17 bits per heavy atom. The van der Waals surface area contributed by atoms with Gasteiger partial charge in [0, 0.05) is 18.8 Å². The summed E-state index contributed by atoms with van der Waals surface area (Å²) >= 11 is 6.04. The van der Waals surface area contributed by atoms with Crippen LogP contribution in [0.2, 0.25) is 5.02 Å². The largest absolute Gasteiger partial charge is 0.397 e. The summed E-state index contributed by atoms with van der Waals surface area (Å²) in [6, 6.07) is 4.08. The van der Waals surface area contributed by atoms with Crippen LogP contribution in [0, 0.1) is 0 Å². The van der Waals surface area contributed by atoms with Crippen LogP contribution in [0.1, 0.15) is 36.0 Å². The molecule has 4 nitrogen and oxygen atoms in total. The second kappa shape index (κ2) is 7.21. The van der Waals surface area contributed by atoms with E-state index in [0.717, 1.165) is 19.3 Å². The number of benzene rings is 1. The van der Waals surface area contributed by atoms with Crippen LogP contribution < -0.4 is 5.32 Å². The normalized spacial score (nSPS) is 15.4. The number of carbonyl (C=O) groups is 2. The highest BCUT2D eigenvalue weighted by Crippen LogP contribution is 2.25. The average Bonchev–Trinajstić information content (AvgIpc) is 2.45. The summed E-state index contributed by atoms with van der Waals surface area (Å²) in [6.45, 7) is 1.33. The van der Waals surface area contributed by atoms with Gasteiger partial charge in [-0.25, -0.2) is 0 Å².